The van der Waals surface area contributed by atoms with Gasteiger partial charge in [0.15, 0.2) is 0 Å². The van der Waals surface area contributed by atoms with E-state index in [4.69, 9.17) is 11.6 Å². The average molecular weight is 161 g/mol. The zero-order valence-corrected chi connectivity index (χ0v) is 7.19. The first-order chi connectivity index (χ1) is 4.70. The van der Waals surface area contributed by atoms with Crippen LogP contribution in [-0.4, -0.2) is 5.24 Å². The lowest BCUT2D eigenvalue weighted by Gasteiger charge is -2.02. The molecule has 0 saturated carbocycles. The molecule has 10 heavy (non-hydrogen) atoms. The Morgan fingerprint density at radius 3 is 2.30 bits per heavy atom. The number of allylic oxidation sites excluding steroid dienone is 2. The standard InChI is InChI=1S/C8H13ClO/c1-3-7(4-2)5-6-8(9)10/h5-7H,3-4H2,1-2H3. The van der Waals surface area contributed by atoms with Crippen molar-refractivity contribution in [1.29, 1.82) is 0 Å². The molecule has 0 atom stereocenters. The van der Waals surface area contributed by atoms with Crippen LogP contribution in [0, 0.1) is 5.92 Å². The van der Waals surface area contributed by atoms with Crippen LogP contribution in [0.25, 0.3) is 0 Å². The van der Waals surface area contributed by atoms with Crippen LogP contribution in [0.2, 0.25) is 0 Å². The topological polar surface area (TPSA) is 17.1 Å². The van der Waals surface area contributed by atoms with E-state index < -0.39 is 0 Å². The molecule has 0 aromatic carbocycles. The Bertz CT molecular complexity index is 125. The molecule has 0 aromatic rings. The lowest BCUT2D eigenvalue weighted by Crippen LogP contribution is -1.91. The summed E-state index contributed by atoms with van der Waals surface area (Å²) in [5.41, 5.74) is 0. The van der Waals surface area contributed by atoms with Crippen molar-refractivity contribution in [3.63, 3.8) is 0 Å². The molecule has 1 nitrogen and oxygen atoms in total. The highest BCUT2D eigenvalue weighted by atomic mass is 35.5. The number of halogens is 1. The maximum Gasteiger partial charge on any atom is 0.244 e. The van der Waals surface area contributed by atoms with Gasteiger partial charge in [-0.2, -0.15) is 0 Å². The van der Waals surface area contributed by atoms with Crippen molar-refractivity contribution < 1.29 is 4.79 Å². The summed E-state index contributed by atoms with van der Waals surface area (Å²) in [6, 6.07) is 0. The summed E-state index contributed by atoms with van der Waals surface area (Å²) in [7, 11) is 0. The molecule has 0 aliphatic rings. The SMILES string of the molecule is CCC(C=CC(=O)Cl)CC. The molecule has 0 unspecified atom stereocenters. The molecule has 0 radical (unpaired) electrons. The summed E-state index contributed by atoms with van der Waals surface area (Å²) in [5, 5.41) is -0.382. The Morgan fingerprint density at radius 2 is 2.00 bits per heavy atom. The zero-order chi connectivity index (χ0) is 7.98. The molecule has 0 bridgehead atoms. The van der Waals surface area contributed by atoms with Gasteiger partial charge in [0, 0.05) is 0 Å². The molecule has 0 aromatic heterocycles. The van der Waals surface area contributed by atoms with Crippen LogP contribution < -0.4 is 0 Å². The van der Waals surface area contributed by atoms with Gasteiger partial charge in [-0.15, -0.1) is 0 Å². The van der Waals surface area contributed by atoms with E-state index in [1.807, 2.05) is 6.08 Å². The monoisotopic (exact) mass is 160 g/mol. The van der Waals surface area contributed by atoms with Gasteiger partial charge in [0.05, 0.1) is 0 Å². The smallest absolute Gasteiger partial charge is 0.244 e. The van der Waals surface area contributed by atoms with Crippen LogP contribution in [0.4, 0.5) is 0 Å². The quantitative estimate of drug-likeness (QED) is 0.457. The summed E-state index contributed by atoms with van der Waals surface area (Å²) in [4.78, 5) is 10.3. The molecular formula is C8H13ClO. The van der Waals surface area contributed by atoms with Crippen molar-refractivity contribution in [2.24, 2.45) is 5.92 Å². The van der Waals surface area contributed by atoms with E-state index in [1.165, 1.54) is 6.08 Å². The third kappa shape index (κ3) is 4.57. The summed E-state index contributed by atoms with van der Waals surface area (Å²) < 4.78 is 0. The van der Waals surface area contributed by atoms with Crippen LogP contribution in [0.1, 0.15) is 26.7 Å². The highest BCUT2D eigenvalue weighted by Gasteiger charge is 1.96. The summed E-state index contributed by atoms with van der Waals surface area (Å²) >= 11 is 5.11. The van der Waals surface area contributed by atoms with Gasteiger partial charge in [-0.1, -0.05) is 19.9 Å². The third-order valence-corrected chi connectivity index (χ3v) is 1.67. The molecule has 0 heterocycles. The van der Waals surface area contributed by atoms with Gasteiger partial charge in [0.25, 0.3) is 0 Å². The molecule has 0 saturated heterocycles. The van der Waals surface area contributed by atoms with Crippen molar-refractivity contribution in [3.05, 3.63) is 12.2 Å². The molecule has 0 aliphatic carbocycles. The first kappa shape index (κ1) is 9.70. The Morgan fingerprint density at radius 1 is 1.50 bits per heavy atom. The molecule has 0 aliphatic heterocycles. The molecule has 0 N–H and O–H groups in total. The predicted octanol–water partition coefficient (Wildman–Crippen LogP) is 2.74. The van der Waals surface area contributed by atoms with Crippen LogP contribution in [-0.2, 0) is 4.79 Å². The second-order valence-electron chi connectivity index (χ2n) is 2.24. The van der Waals surface area contributed by atoms with Crippen molar-refractivity contribution in [2.75, 3.05) is 0 Å². The number of carbonyl (C=O) groups excluding carboxylic acids is 1. The van der Waals surface area contributed by atoms with Crippen molar-refractivity contribution in [3.8, 4) is 0 Å². The fourth-order valence-corrected chi connectivity index (χ4v) is 0.845. The second kappa shape index (κ2) is 5.48. The molecule has 0 rings (SSSR count). The molecule has 0 amide bonds. The minimum absolute atomic E-state index is 0.382. The molecule has 0 fully saturated rings. The van der Waals surface area contributed by atoms with Gasteiger partial charge in [-0.25, -0.2) is 0 Å². The van der Waals surface area contributed by atoms with E-state index in [0.717, 1.165) is 12.8 Å². The second-order valence-corrected chi connectivity index (χ2v) is 2.61. The number of rotatable bonds is 4. The van der Waals surface area contributed by atoms with Crippen molar-refractivity contribution >= 4 is 16.8 Å². The van der Waals surface area contributed by atoms with Gasteiger partial charge < -0.3 is 0 Å². The Kier molecular flexibility index (Phi) is 5.32. The van der Waals surface area contributed by atoms with E-state index in [2.05, 4.69) is 13.8 Å². The summed E-state index contributed by atoms with van der Waals surface area (Å²) in [6.07, 6.45) is 5.43. The first-order valence-electron chi connectivity index (χ1n) is 3.58. The van der Waals surface area contributed by atoms with E-state index in [-0.39, 0.29) is 5.24 Å². The minimum atomic E-state index is -0.382. The molecular weight excluding hydrogens is 148 g/mol. The largest absolute Gasteiger partial charge is 0.276 e. The Labute approximate surface area is 67.1 Å². The Hall–Kier alpha value is -0.300. The fourth-order valence-electron chi connectivity index (χ4n) is 0.773. The van der Waals surface area contributed by atoms with Crippen molar-refractivity contribution in [1.82, 2.24) is 0 Å². The van der Waals surface area contributed by atoms with Gasteiger partial charge >= 0.3 is 0 Å². The van der Waals surface area contributed by atoms with Gasteiger partial charge in [-0.05, 0) is 36.4 Å². The maximum atomic E-state index is 10.3. The minimum Gasteiger partial charge on any atom is -0.276 e. The van der Waals surface area contributed by atoms with E-state index in [9.17, 15) is 4.79 Å². The van der Waals surface area contributed by atoms with Gasteiger partial charge in [-0.3, -0.25) is 4.79 Å². The van der Waals surface area contributed by atoms with Crippen LogP contribution in [0.15, 0.2) is 12.2 Å². The average Bonchev–Trinajstić information content (AvgIpc) is 1.90. The number of hydrogen-bond acceptors (Lipinski definition) is 1. The molecule has 2 heteroatoms. The highest BCUT2D eigenvalue weighted by molar-refractivity contribution is 6.66. The van der Waals surface area contributed by atoms with Crippen LogP contribution in [0.3, 0.4) is 0 Å². The normalized spacial score (nSPS) is 11.2. The first-order valence-corrected chi connectivity index (χ1v) is 3.96. The van der Waals surface area contributed by atoms with Crippen LogP contribution >= 0.6 is 11.6 Å². The summed E-state index contributed by atoms with van der Waals surface area (Å²) in [6.45, 7) is 4.19. The lowest BCUT2D eigenvalue weighted by atomic mass is 10.0. The number of carbonyl (C=O) groups is 1. The lowest BCUT2D eigenvalue weighted by molar-refractivity contribution is -0.107. The van der Waals surface area contributed by atoms with E-state index in [1.54, 1.807) is 0 Å². The zero-order valence-electron chi connectivity index (χ0n) is 6.43. The fraction of sp³-hybridized carbons (Fsp3) is 0.625. The van der Waals surface area contributed by atoms with E-state index in [0.29, 0.717) is 5.92 Å². The van der Waals surface area contributed by atoms with Crippen LogP contribution in [0.5, 0.6) is 0 Å². The van der Waals surface area contributed by atoms with Gasteiger partial charge in [0.1, 0.15) is 0 Å². The molecule has 58 valence electrons. The van der Waals surface area contributed by atoms with Gasteiger partial charge in [0.2, 0.25) is 5.24 Å². The summed E-state index contributed by atoms with van der Waals surface area (Å²) in [5.74, 6) is 0.502. The predicted molar refractivity (Wildman–Crippen MR) is 44.1 cm³/mol. The van der Waals surface area contributed by atoms with Crippen molar-refractivity contribution in [2.45, 2.75) is 26.7 Å². The third-order valence-electron chi connectivity index (χ3n) is 1.55. The maximum absolute atomic E-state index is 10.3. The highest BCUT2D eigenvalue weighted by Crippen LogP contribution is 2.08. The molecule has 0 spiro atoms. The van der Waals surface area contributed by atoms with E-state index >= 15 is 0 Å². The number of hydrogen-bond donors (Lipinski definition) is 0. The Balaban J connectivity index is 3.72.